The van der Waals surface area contributed by atoms with Crippen LogP contribution in [0, 0.1) is 0 Å². The first-order valence-corrected chi connectivity index (χ1v) is 14.2. The summed E-state index contributed by atoms with van der Waals surface area (Å²) in [4.78, 5) is 28.7. The van der Waals surface area contributed by atoms with Gasteiger partial charge in [0.1, 0.15) is 5.75 Å². The maximum absolute atomic E-state index is 13.7. The second kappa shape index (κ2) is 9.87. The molecule has 8 nitrogen and oxygen atoms in total. The summed E-state index contributed by atoms with van der Waals surface area (Å²) in [5.74, 6) is -0.100. The number of rotatable bonds is 6. The van der Waals surface area contributed by atoms with Crippen molar-refractivity contribution in [2.75, 3.05) is 29.1 Å². The number of para-hydroxylation sites is 2. The third-order valence-electron chi connectivity index (χ3n) is 6.19. The third-order valence-corrected chi connectivity index (χ3v) is 8.50. The predicted octanol–water partition coefficient (Wildman–Crippen LogP) is 4.02. The first-order chi connectivity index (χ1) is 17.7. The van der Waals surface area contributed by atoms with E-state index in [4.69, 9.17) is 4.74 Å². The highest BCUT2D eigenvalue weighted by Crippen LogP contribution is 2.36. The Morgan fingerprint density at radius 2 is 1.78 bits per heavy atom. The lowest BCUT2D eigenvalue weighted by atomic mass is 10.1. The molecular weight excluding hydrogens is 510 g/mol. The van der Waals surface area contributed by atoms with Crippen molar-refractivity contribution in [3.8, 4) is 5.75 Å². The number of carbonyl (C=O) groups excluding carboxylic acids is 2. The van der Waals surface area contributed by atoms with Gasteiger partial charge in [-0.25, -0.2) is 8.42 Å². The fraction of sp³-hybridized carbons (Fsp3) is 0.185. The number of carbonyl (C=O) groups is 2. The van der Waals surface area contributed by atoms with Crippen LogP contribution >= 0.6 is 11.3 Å². The van der Waals surface area contributed by atoms with Gasteiger partial charge in [0.05, 0.1) is 29.1 Å². The van der Waals surface area contributed by atoms with Crippen LogP contribution in [0.2, 0.25) is 0 Å². The number of sulfonamides is 1. The summed E-state index contributed by atoms with van der Waals surface area (Å²) in [5.41, 5.74) is 2.07. The summed E-state index contributed by atoms with van der Waals surface area (Å²) in [5, 5.41) is 3.66. The maximum Gasteiger partial charge on any atom is 0.268 e. The second-order valence-electron chi connectivity index (χ2n) is 8.76. The zero-order chi connectivity index (χ0) is 26.2. The van der Waals surface area contributed by atoms with Gasteiger partial charge < -0.3 is 10.1 Å². The third kappa shape index (κ3) is 5.16. The Morgan fingerprint density at radius 3 is 2.54 bits per heavy atom. The van der Waals surface area contributed by atoms with Crippen LogP contribution in [0.3, 0.4) is 0 Å². The van der Waals surface area contributed by atoms with E-state index in [1.54, 1.807) is 47.4 Å². The molecule has 0 saturated carbocycles. The van der Waals surface area contributed by atoms with Crippen LogP contribution in [0.5, 0.6) is 5.75 Å². The lowest BCUT2D eigenvalue weighted by Crippen LogP contribution is -2.50. The van der Waals surface area contributed by atoms with Gasteiger partial charge in [0.2, 0.25) is 10.0 Å². The molecule has 0 bridgehead atoms. The number of ether oxygens (including phenoxy) is 1. The summed E-state index contributed by atoms with van der Waals surface area (Å²) >= 11 is 1.32. The molecule has 0 radical (unpaired) electrons. The number of nitrogens with zero attached hydrogens (tertiary/aromatic N) is 2. The standard InChI is InChI=1S/C27H25N3O5S2/c1-29(37(2,33)34)20-12-13-24-19(14-20)15-25(36-24)27(32)30-17-23(35-22-11-7-6-10-21(22)30)26(31)28-16-18-8-4-3-5-9-18/h3-15,23H,16-17H2,1-2H3,(H,28,31). The number of benzene rings is 3. The normalized spacial score (nSPS) is 15.1. The number of hydrogen-bond donors (Lipinski definition) is 1. The molecule has 37 heavy (non-hydrogen) atoms. The Labute approximate surface area is 219 Å². The average Bonchev–Trinajstić information content (AvgIpc) is 3.34. The fourth-order valence-electron chi connectivity index (χ4n) is 4.12. The van der Waals surface area contributed by atoms with Crippen LogP contribution in [0.1, 0.15) is 15.2 Å². The average molecular weight is 536 g/mol. The zero-order valence-corrected chi connectivity index (χ0v) is 21.9. The maximum atomic E-state index is 13.7. The summed E-state index contributed by atoms with van der Waals surface area (Å²) in [6, 6.07) is 23.7. The van der Waals surface area contributed by atoms with Crippen LogP contribution < -0.4 is 19.3 Å². The van der Waals surface area contributed by atoms with Crippen molar-refractivity contribution in [2.24, 2.45) is 0 Å². The van der Waals surface area contributed by atoms with Gasteiger partial charge >= 0.3 is 0 Å². The van der Waals surface area contributed by atoms with Crippen LogP contribution in [-0.2, 0) is 21.4 Å². The number of anilines is 2. The lowest BCUT2D eigenvalue weighted by Gasteiger charge is -2.34. The smallest absolute Gasteiger partial charge is 0.268 e. The van der Waals surface area contributed by atoms with Crippen LogP contribution in [0.4, 0.5) is 11.4 Å². The molecule has 0 saturated heterocycles. The van der Waals surface area contributed by atoms with Crippen molar-refractivity contribution < 1.29 is 22.7 Å². The van der Waals surface area contributed by atoms with Gasteiger partial charge in [0.15, 0.2) is 6.10 Å². The number of nitrogens with one attached hydrogen (secondary N) is 1. The SMILES string of the molecule is CN(c1ccc2sc(C(=O)N3CC(C(=O)NCc4ccccc4)Oc4ccccc43)cc2c1)S(C)(=O)=O. The molecule has 1 aromatic heterocycles. The van der Waals surface area contributed by atoms with Gasteiger partial charge in [-0.15, -0.1) is 11.3 Å². The van der Waals surface area contributed by atoms with Crippen molar-refractivity contribution >= 4 is 54.6 Å². The number of amides is 2. The molecule has 1 N–H and O–H groups in total. The second-order valence-corrected chi connectivity index (χ2v) is 11.9. The van der Waals surface area contributed by atoms with E-state index in [1.807, 2.05) is 36.4 Å². The minimum Gasteiger partial charge on any atom is -0.477 e. The van der Waals surface area contributed by atoms with Crippen molar-refractivity contribution in [2.45, 2.75) is 12.6 Å². The van der Waals surface area contributed by atoms with Gasteiger partial charge in [0, 0.05) is 18.3 Å². The van der Waals surface area contributed by atoms with E-state index in [-0.39, 0.29) is 18.4 Å². The van der Waals surface area contributed by atoms with Crippen molar-refractivity contribution in [1.29, 1.82) is 0 Å². The van der Waals surface area contributed by atoms with E-state index in [1.165, 1.54) is 22.7 Å². The predicted molar refractivity (Wildman–Crippen MR) is 146 cm³/mol. The van der Waals surface area contributed by atoms with E-state index >= 15 is 0 Å². The highest BCUT2D eigenvalue weighted by molar-refractivity contribution is 7.92. The summed E-state index contributed by atoms with van der Waals surface area (Å²) in [6.07, 6.45) is 0.272. The summed E-state index contributed by atoms with van der Waals surface area (Å²) in [6.45, 7) is 0.419. The van der Waals surface area contributed by atoms with E-state index in [0.717, 1.165) is 21.9 Å². The van der Waals surface area contributed by atoms with E-state index < -0.39 is 16.1 Å². The molecule has 10 heteroatoms. The van der Waals surface area contributed by atoms with Gasteiger partial charge in [-0.3, -0.25) is 18.8 Å². The zero-order valence-electron chi connectivity index (χ0n) is 20.2. The minimum atomic E-state index is -3.41. The first-order valence-electron chi connectivity index (χ1n) is 11.6. The largest absolute Gasteiger partial charge is 0.477 e. The fourth-order valence-corrected chi connectivity index (χ4v) is 5.61. The Balaban J connectivity index is 1.40. The van der Waals surface area contributed by atoms with E-state index in [0.29, 0.717) is 28.5 Å². The molecular formula is C27H25N3O5S2. The summed E-state index contributed by atoms with van der Waals surface area (Å²) in [7, 11) is -1.92. The quantitative estimate of drug-likeness (QED) is 0.402. The highest BCUT2D eigenvalue weighted by Gasteiger charge is 2.34. The molecule has 4 aromatic rings. The van der Waals surface area contributed by atoms with Crippen molar-refractivity contribution in [3.05, 3.63) is 89.3 Å². The molecule has 0 aliphatic carbocycles. The molecule has 1 aliphatic heterocycles. The molecule has 2 heterocycles. The Bertz CT molecular complexity index is 1580. The van der Waals surface area contributed by atoms with Crippen molar-refractivity contribution in [1.82, 2.24) is 5.32 Å². The molecule has 0 spiro atoms. The summed E-state index contributed by atoms with van der Waals surface area (Å²) < 4.78 is 31.9. The molecule has 1 aliphatic rings. The molecule has 1 unspecified atom stereocenters. The topological polar surface area (TPSA) is 96.0 Å². The van der Waals surface area contributed by atoms with Gasteiger partial charge in [0.25, 0.3) is 11.8 Å². The van der Waals surface area contributed by atoms with E-state index in [9.17, 15) is 18.0 Å². The number of fused-ring (bicyclic) bond motifs is 2. The van der Waals surface area contributed by atoms with Crippen molar-refractivity contribution in [3.63, 3.8) is 0 Å². The van der Waals surface area contributed by atoms with Gasteiger partial charge in [-0.05, 0) is 47.3 Å². The molecule has 5 rings (SSSR count). The number of thiophene rings is 1. The molecule has 3 aromatic carbocycles. The van der Waals surface area contributed by atoms with E-state index in [2.05, 4.69) is 5.32 Å². The Morgan fingerprint density at radius 1 is 1.05 bits per heavy atom. The van der Waals surface area contributed by atoms with Gasteiger partial charge in [-0.2, -0.15) is 0 Å². The minimum absolute atomic E-state index is 0.0623. The monoisotopic (exact) mass is 535 g/mol. The molecule has 0 fully saturated rings. The molecule has 190 valence electrons. The highest BCUT2D eigenvalue weighted by atomic mass is 32.2. The van der Waals surface area contributed by atoms with Crippen LogP contribution in [0.25, 0.3) is 10.1 Å². The molecule has 2 amide bonds. The van der Waals surface area contributed by atoms with Gasteiger partial charge in [-0.1, -0.05) is 42.5 Å². The lowest BCUT2D eigenvalue weighted by molar-refractivity contribution is -0.127. The number of hydrogen-bond acceptors (Lipinski definition) is 6. The molecule has 1 atom stereocenters. The first kappa shape index (κ1) is 24.8. The Hall–Kier alpha value is -3.89. The van der Waals surface area contributed by atoms with Crippen LogP contribution in [0.15, 0.2) is 78.9 Å². The Kier molecular flexibility index (Phi) is 6.61. The van der Waals surface area contributed by atoms with Crippen LogP contribution in [-0.4, -0.2) is 46.2 Å².